The number of rotatable bonds is 2. The predicted octanol–water partition coefficient (Wildman–Crippen LogP) is 2.52. The maximum atomic E-state index is 13.2. The van der Waals surface area contributed by atoms with Crippen LogP contribution in [0.4, 0.5) is 10.5 Å². The minimum atomic E-state index is -1.02. The van der Waals surface area contributed by atoms with Crippen LogP contribution < -0.4 is 10.2 Å². The van der Waals surface area contributed by atoms with E-state index in [1.54, 1.807) is 16.7 Å². The largest absolute Gasteiger partial charge is 0.325 e. The lowest BCUT2D eigenvalue weighted by atomic mass is 9.92. The first kappa shape index (κ1) is 17.3. The number of urea groups is 1. The van der Waals surface area contributed by atoms with Crippen LogP contribution in [-0.4, -0.2) is 41.6 Å². The summed E-state index contributed by atoms with van der Waals surface area (Å²) in [6, 6.07) is 14.9. The van der Waals surface area contributed by atoms with E-state index in [4.69, 9.17) is 0 Å². The SMILES string of the molecule is O=C1NC2(CCc3ccccc32)C(=O)N1CC(=O)N1CCSc2ccccc21. The second-order valence-corrected chi connectivity index (χ2v) is 8.38. The van der Waals surface area contributed by atoms with Crippen molar-refractivity contribution in [3.63, 3.8) is 0 Å². The molecule has 0 bridgehead atoms. The molecule has 6 nitrogen and oxygen atoms in total. The molecule has 2 aromatic carbocycles. The van der Waals surface area contributed by atoms with Crippen molar-refractivity contribution >= 4 is 35.3 Å². The van der Waals surface area contributed by atoms with Gasteiger partial charge in [-0.05, 0) is 36.1 Å². The van der Waals surface area contributed by atoms with E-state index in [0.29, 0.717) is 13.0 Å². The zero-order valence-electron chi connectivity index (χ0n) is 15.2. The van der Waals surface area contributed by atoms with Gasteiger partial charge in [0.1, 0.15) is 12.1 Å². The summed E-state index contributed by atoms with van der Waals surface area (Å²) < 4.78 is 0. The summed E-state index contributed by atoms with van der Waals surface area (Å²) in [5, 5.41) is 2.88. The van der Waals surface area contributed by atoms with Crippen LogP contribution in [0.3, 0.4) is 0 Å². The molecule has 0 aromatic heterocycles. The van der Waals surface area contributed by atoms with Gasteiger partial charge in [-0.2, -0.15) is 0 Å². The molecule has 3 aliphatic rings. The summed E-state index contributed by atoms with van der Waals surface area (Å²) in [5.41, 5.74) is 1.75. The van der Waals surface area contributed by atoms with E-state index >= 15 is 0 Å². The molecule has 142 valence electrons. The molecule has 0 radical (unpaired) electrons. The fourth-order valence-corrected chi connectivity index (χ4v) is 5.38. The first-order valence-corrected chi connectivity index (χ1v) is 10.3. The Morgan fingerprint density at radius 3 is 2.79 bits per heavy atom. The highest BCUT2D eigenvalue weighted by atomic mass is 32.2. The Morgan fingerprint density at radius 1 is 1.11 bits per heavy atom. The molecule has 1 atom stereocenters. The maximum Gasteiger partial charge on any atom is 0.325 e. The van der Waals surface area contributed by atoms with Gasteiger partial charge in [-0.15, -0.1) is 11.8 Å². The number of nitrogens with one attached hydrogen (secondary N) is 1. The van der Waals surface area contributed by atoms with Crippen LogP contribution in [0.15, 0.2) is 53.4 Å². The third-order valence-corrected chi connectivity index (χ3v) is 6.79. The summed E-state index contributed by atoms with van der Waals surface area (Å²) in [5.74, 6) is 0.232. The zero-order valence-corrected chi connectivity index (χ0v) is 16.0. The van der Waals surface area contributed by atoms with Crippen LogP contribution >= 0.6 is 11.8 Å². The molecule has 1 aliphatic carbocycles. The number of benzene rings is 2. The van der Waals surface area contributed by atoms with Crippen LogP contribution in [0, 0.1) is 0 Å². The summed E-state index contributed by atoms with van der Waals surface area (Å²) in [6.07, 6.45) is 1.27. The van der Waals surface area contributed by atoms with Gasteiger partial charge in [-0.1, -0.05) is 36.4 Å². The Bertz CT molecular complexity index is 1010. The average molecular weight is 393 g/mol. The number of carbonyl (C=O) groups excluding carboxylic acids is 3. The molecule has 0 saturated carbocycles. The van der Waals surface area contributed by atoms with Gasteiger partial charge in [0.2, 0.25) is 5.91 Å². The zero-order chi connectivity index (χ0) is 19.3. The molecule has 28 heavy (non-hydrogen) atoms. The second kappa shape index (κ2) is 6.38. The molecule has 2 heterocycles. The number of carbonyl (C=O) groups is 3. The number of hydrogen-bond donors (Lipinski definition) is 1. The lowest BCUT2D eigenvalue weighted by Gasteiger charge is -2.30. The van der Waals surface area contributed by atoms with E-state index in [2.05, 4.69) is 5.32 Å². The van der Waals surface area contributed by atoms with Crippen LogP contribution in [-0.2, 0) is 21.5 Å². The topological polar surface area (TPSA) is 69.7 Å². The monoisotopic (exact) mass is 393 g/mol. The van der Waals surface area contributed by atoms with E-state index in [1.165, 1.54) is 0 Å². The number of aryl methyl sites for hydroxylation is 1. The quantitative estimate of drug-likeness (QED) is 0.796. The number of hydrogen-bond acceptors (Lipinski definition) is 4. The van der Waals surface area contributed by atoms with Crippen molar-refractivity contribution < 1.29 is 14.4 Å². The van der Waals surface area contributed by atoms with E-state index < -0.39 is 11.6 Å². The van der Waals surface area contributed by atoms with Crippen LogP contribution in [0.2, 0.25) is 0 Å². The summed E-state index contributed by atoms with van der Waals surface area (Å²) in [4.78, 5) is 42.7. The number of anilines is 1. The Balaban J connectivity index is 1.41. The molecule has 4 amide bonds. The smallest absolute Gasteiger partial charge is 0.319 e. The molecule has 5 rings (SSSR count). The molecule has 1 fully saturated rings. The molecule has 1 unspecified atom stereocenters. The first-order valence-electron chi connectivity index (χ1n) is 9.35. The normalized spacial score (nSPS) is 23.0. The number of amides is 4. The lowest BCUT2D eigenvalue weighted by Crippen LogP contribution is -2.46. The van der Waals surface area contributed by atoms with Gasteiger partial charge >= 0.3 is 6.03 Å². The van der Waals surface area contributed by atoms with Crippen molar-refractivity contribution in [2.75, 3.05) is 23.7 Å². The summed E-state index contributed by atoms with van der Waals surface area (Å²) >= 11 is 1.71. The molecule has 2 aromatic rings. The van der Waals surface area contributed by atoms with Crippen molar-refractivity contribution in [3.05, 3.63) is 59.7 Å². The fourth-order valence-electron chi connectivity index (χ4n) is 4.38. The minimum absolute atomic E-state index is 0.236. The highest BCUT2D eigenvalue weighted by Gasteiger charge is 2.55. The molecule has 7 heteroatoms. The van der Waals surface area contributed by atoms with Crippen molar-refractivity contribution in [3.8, 4) is 0 Å². The van der Waals surface area contributed by atoms with Crippen molar-refractivity contribution in [1.82, 2.24) is 10.2 Å². The van der Waals surface area contributed by atoms with Crippen LogP contribution in [0.25, 0.3) is 0 Å². The van der Waals surface area contributed by atoms with E-state index in [0.717, 1.165) is 38.8 Å². The molecule has 2 aliphatic heterocycles. The van der Waals surface area contributed by atoms with E-state index in [1.807, 2.05) is 48.5 Å². The van der Waals surface area contributed by atoms with Crippen LogP contribution in [0.5, 0.6) is 0 Å². The standard InChI is InChI=1S/C21H19N3O3S/c25-18(23-11-12-28-17-8-4-3-7-16(17)23)13-24-19(26)21(22-20(24)27)10-9-14-5-1-2-6-15(14)21/h1-8H,9-13H2,(H,22,27). The minimum Gasteiger partial charge on any atom is -0.319 e. The molecular weight excluding hydrogens is 374 g/mol. The number of imide groups is 1. The third-order valence-electron chi connectivity index (χ3n) is 5.75. The molecular formula is C21H19N3O3S. The highest BCUT2D eigenvalue weighted by Crippen LogP contribution is 2.41. The van der Waals surface area contributed by atoms with Crippen molar-refractivity contribution in [2.24, 2.45) is 0 Å². The molecule has 1 N–H and O–H groups in total. The second-order valence-electron chi connectivity index (χ2n) is 7.25. The van der Waals surface area contributed by atoms with Crippen molar-refractivity contribution in [2.45, 2.75) is 23.3 Å². The number of thioether (sulfide) groups is 1. The van der Waals surface area contributed by atoms with Gasteiger partial charge in [-0.25, -0.2) is 4.79 Å². The van der Waals surface area contributed by atoms with Gasteiger partial charge in [0, 0.05) is 17.2 Å². The summed E-state index contributed by atoms with van der Waals surface area (Å²) in [6.45, 7) is 0.325. The number of para-hydroxylation sites is 1. The first-order chi connectivity index (χ1) is 13.6. The maximum absolute atomic E-state index is 13.2. The van der Waals surface area contributed by atoms with E-state index in [9.17, 15) is 14.4 Å². The van der Waals surface area contributed by atoms with Gasteiger partial charge in [0.15, 0.2) is 0 Å². The van der Waals surface area contributed by atoms with Gasteiger partial charge in [0.25, 0.3) is 5.91 Å². The van der Waals surface area contributed by atoms with Gasteiger partial charge in [0.05, 0.1) is 5.69 Å². The number of fused-ring (bicyclic) bond motifs is 3. The fraction of sp³-hybridized carbons (Fsp3) is 0.286. The Morgan fingerprint density at radius 2 is 1.89 bits per heavy atom. The van der Waals surface area contributed by atoms with Crippen molar-refractivity contribution in [1.29, 1.82) is 0 Å². The van der Waals surface area contributed by atoms with E-state index in [-0.39, 0.29) is 18.4 Å². The Labute approximate surface area is 166 Å². The highest BCUT2D eigenvalue weighted by molar-refractivity contribution is 7.99. The Kier molecular flexibility index (Phi) is 3.94. The predicted molar refractivity (Wildman–Crippen MR) is 106 cm³/mol. The summed E-state index contributed by atoms with van der Waals surface area (Å²) in [7, 11) is 0. The molecule has 1 saturated heterocycles. The Hall–Kier alpha value is -2.80. The molecule has 1 spiro atoms. The number of nitrogens with zero attached hydrogens (tertiary/aromatic N) is 2. The van der Waals surface area contributed by atoms with Gasteiger partial charge < -0.3 is 10.2 Å². The van der Waals surface area contributed by atoms with Gasteiger partial charge in [-0.3, -0.25) is 14.5 Å². The lowest BCUT2D eigenvalue weighted by molar-refractivity contribution is -0.134. The average Bonchev–Trinajstić information content (AvgIpc) is 3.21. The van der Waals surface area contributed by atoms with Crippen LogP contribution in [0.1, 0.15) is 17.5 Å². The third kappa shape index (κ3) is 2.46.